The first-order valence-corrected chi connectivity index (χ1v) is 5.10. The Kier molecular flexibility index (Phi) is 3.95. The van der Waals surface area contributed by atoms with Gasteiger partial charge in [-0.3, -0.25) is 0 Å². The highest BCUT2D eigenvalue weighted by atomic mass is 32.2. The Bertz CT molecular complexity index is 326. The number of halogens is 1. The topological polar surface area (TPSA) is 45.8 Å². The molecule has 0 saturated heterocycles. The molecule has 0 aliphatic heterocycles. The Morgan fingerprint density at radius 3 is 3.15 bits per heavy atom. The number of unbranched alkanes of at least 4 members (excludes halogenated alkanes) is 1. The van der Waals surface area contributed by atoms with E-state index in [0.717, 1.165) is 24.8 Å². The number of hydrogen-bond donors (Lipinski definition) is 1. The minimum absolute atomic E-state index is 0.192. The average Bonchev–Trinajstić information content (AvgIpc) is 2.11. The largest absolute Gasteiger partial charge is 0.346 e. The number of hydrogen-bond acceptors (Lipinski definition) is 3. The van der Waals surface area contributed by atoms with Crippen molar-refractivity contribution in [2.45, 2.75) is 24.8 Å². The average molecular weight is 202 g/mol. The number of H-pyrrole nitrogens is 1. The molecule has 0 aliphatic carbocycles. The van der Waals surface area contributed by atoms with E-state index < -0.39 is 11.5 Å². The number of aromatic nitrogens is 2. The van der Waals surface area contributed by atoms with Crippen LogP contribution in [-0.4, -0.2) is 15.7 Å². The van der Waals surface area contributed by atoms with E-state index in [1.165, 1.54) is 11.8 Å². The lowest BCUT2D eigenvalue weighted by atomic mass is 10.4. The molecular weight excluding hydrogens is 191 g/mol. The maximum absolute atomic E-state index is 12.9. The summed E-state index contributed by atoms with van der Waals surface area (Å²) in [5, 5.41) is 0.192. The van der Waals surface area contributed by atoms with Gasteiger partial charge in [-0.05, 0) is 12.2 Å². The van der Waals surface area contributed by atoms with Gasteiger partial charge in [0.15, 0.2) is 5.82 Å². The highest BCUT2D eigenvalue weighted by molar-refractivity contribution is 7.99. The van der Waals surface area contributed by atoms with E-state index in [4.69, 9.17) is 0 Å². The minimum atomic E-state index is -0.500. The smallest absolute Gasteiger partial charge is 0.310 e. The van der Waals surface area contributed by atoms with Gasteiger partial charge in [-0.1, -0.05) is 13.3 Å². The molecule has 0 bridgehead atoms. The molecule has 5 heteroatoms. The maximum Gasteiger partial charge on any atom is 0.346 e. The van der Waals surface area contributed by atoms with E-state index in [2.05, 4.69) is 16.9 Å². The fourth-order valence-electron chi connectivity index (χ4n) is 0.779. The van der Waals surface area contributed by atoms with Crippen molar-refractivity contribution >= 4 is 11.8 Å². The van der Waals surface area contributed by atoms with Gasteiger partial charge >= 0.3 is 5.69 Å². The maximum atomic E-state index is 12.9. The van der Waals surface area contributed by atoms with Crippen molar-refractivity contribution in [3.8, 4) is 0 Å². The van der Waals surface area contributed by atoms with Crippen molar-refractivity contribution in [3.05, 3.63) is 22.5 Å². The van der Waals surface area contributed by atoms with E-state index in [9.17, 15) is 9.18 Å². The predicted molar refractivity (Wildman–Crippen MR) is 50.4 cm³/mol. The second kappa shape index (κ2) is 5.01. The Morgan fingerprint density at radius 1 is 1.69 bits per heavy atom. The normalized spacial score (nSPS) is 10.3. The highest BCUT2D eigenvalue weighted by Gasteiger charge is 2.04. The zero-order valence-electron chi connectivity index (χ0n) is 7.34. The quantitative estimate of drug-likeness (QED) is 0.460. The summed E-state index contributed by atoms with van der Waals surface area (Å²) in [7, 11) is 0. The van der Waals surface area contributed by atoms with Crippen LogP contribution in [0.25, 0.3) is 0 Å². The fraction of sp³-hybridized carbons (Fsp3) is 0.500. The van der Waals surface area contributed by atoms with Gasteiger partial charge in [0.2, 0.25) is 0 Å². The third-order valence-corrected chi connectivity index (χ3v) is 2.52. The summed E-state index contributed by atoms with van der Waals surface area (Å²) >= 11 is 1.28. The number of nitrogens with zero attached hydrogens (tertiary/aromatic N) is 1. The third-order valence-electron chi connectivity index (χ3n) is 1.47. The summed E-state index contributed by atoms with van der Waals surface area (Å²) in [6, 6.07) is 0. The van der Waals surface area contributed by atoms with Crippen molar-refractivity contribution in [2.24, 2.45) is 0 Å². The van der Waals surface area contributed by atoms with Crippen LogP contribution in [-0.2, 0) is 0 Å². The first-order valence-electron chi connectivity index (χ1n) is 4.12. The number of thioether (sulfide) groups is 1. The lowest BCUT2D eigenvalue weighted by Gasteiger charge is -1.98. The molecule has 3 nitrogen and oxygen atoms in total. The molecule has 0 saturated carbocycles. The molecule has 13 heavy (non-hydrogen) atoms. The number of rotatable bonds is 4. The molecule has 0 aliphatic rings. The molecule has 0 radical (unpaired) electrons. The second-order valence-corrected chi connectivity index (χ2v) is 3.64. The summed E-state index contributed by atoms with van der Waals surface area (Å²) in [6.07, 6.45) is 3.10. The van der Waals surface area contributed by atoms with Crippen molar-refractivity contribution in [2.75, 3.05) is 5.75 Å². The van der Waals surface area contributed by atoms with Crippen molar-refractivity contribution in [1.29, 1.82) is 0 Å². The molecule has 1 N–H and O–H groups in total. The molecule has 0 aromatic carbocycles. The van der Waals surface area contributed by atoms with E-state index >= 15 is 0 Å². The van der Waals surface area contributed by atoms with Crippen LogP contribution in [0.15, 0.2) is 16.0 Å². The Balaban J connectivity index is 2.64. The molecule has 0 fully saturated rings. The van der Waals surface area contributed by atoms with Crippen molar-refractivity contribution < 1.29 is 4.39 Å². The van der Waals surface area contributed by atoms with E-state index in [-0.39, 0.29) is 5.03 Å². The number of nitrogens with one attached hydrogen (secondary N) is 1. The van der Waals surface area contributed by atoms with Crippen LogP contribution >= 0.6 is 11.8 Å². The second-order valence-electron chi connectivity index (χ2n) is 2.56. The lowest BCUT2D eigenvalue weighted by Crippen LogP contribution is -2.11. The minimum Gasteiger partial charge on any atom is -0.310 e. The summed E-state index contributed by atoms with van der Waals surface area (Å²) < 4.78 is 12.9. The van der Waals surface area contributed by atoms with Crippen molar-refractivity contribution in [1.82, 2.24) is 9.97 Å². The predicted octanol–water partition coefficient (Wildman–Crippen LogP) is 1.80. The van der Waals surface area contributed by atoms with Crippen LogP contribution in [0.4, 0.5) is 4.39 Å². The molecule has 0 spiro atoms. The SMILES string of the molecule is CCCCSc1nc(=O)[nH]cc1F. The van der Waals surface area contributed by atoms with Gasteiger partial charge in [-0.25, -0.2) is 9.18 Å². The van der Waals surface area contributed by atoms with Gasteiger partial charge in [0, 0.05) is 6.20 Å². The summed E-state index contributed by atoms with van der Waals surface area (Å²) in [6.45, 7) is 2.06. The fourth-order valence-corrected chi connectivity index (χ4v) is 1.75. The van der Waals surface area contributed by atoms with Crippen LogP contribution in [0.5, 0.6) is 0 Å². The van der Waals surface area contributed by atoms with E-state index in [0.29, 0.717) is 0 Å². The Hall–Kier alpha value is -0.840. The highest BCUT2D eigenvalue weighted by Crippen LogP contribution is 2.17. The van der Waals surface area contributed by atoms with Crippen LogP contribution in [0.1, 0.15) is 19.8 Å². The van der Waals surface area contributed by atoms with Gasteiger partial charge in [-0.2, -0.15) is 4.98 Å². The molecule has 0 atom stereocenters. The van der Waals surface area contributed by atoms with Gasteiger partial charge in [0.25, 0.3) is 0 Å². The molecule has 1 heterocycles. The van der Waals surface area contributed by atoms with E-state index in [1.807, 2.05) is 0 Å². The summed E-state index contributed by atoms with van der Waals surface area (Å²) in [4.78, 5) is 16.4. The molecule has 0 amide bonds. The van der Waals surface area contributed by atoms with E-state index in [1.54, 1.807) is 0 Å². The standard InChI is InChI=1S/C8H11FN2OS/c1-2-3-4-13-7-6(9)5-10-8(12)11-7/h5H,2-4H2,1H3,(H,10,11,12). The molecule has 1 rings (SSSR count). The van der Waals surface area contributed by atoms with Crippen molar-refractivity contribution in [3.63, 3.8) is 0 Å². The summed E-state index contributed by atoms with van der Waals surface area (Å²) in [5.74, 6) is 0.338. The van der Waals surface area contributed by atoms with Crippen LogP contribution in [0.3, 0.4) is 0 Å². The third kappa shape index (κ3) is 3.18. The van der Waals surface area contributed by atoms with Crippen LogP contribution in [0.2, 0.25) is 0 Å². The van der Waals surface area contributed by atoms with Gasteiger partial charge in [0.1, 0.15) is 5.03 Å². The molecule has 1 aromatic rings. The van der Waals surface area contributed by atoms with Gasteiger partial charge in [-0.15, -0.1) is 11.8 Å². The summed E-state index contributed by atoms with van der Waals surface area (Å²) in [5.41, 5.74) is -0.500. The molecule has 1 aromatic heterocycles. The zero-order valence-corrected chi connectivity index (χ0v) is 8.16. The number of aromatic amines is 1. The molecule has 72 valence electrons. The van der Waals surface area contributed by atoms with Gasteiger partial charge in [0.05, 0.1) is 0 Å². The lowest BCUT2D eigenvalue weighted by molar-refractivity contribution is 0.574. The Morgan fingerprint density at radius 2 is 2.46 bits per heavy atom. The first-order chi connectivity index (χ1) is 6.24. The van der Waals surface area contributed by atoms with Crippen LogP contribution in [0, 0.1) is 5.82 Å². The monoisotopic (exact) mass is 202 g/mol. The molecular formula is C8H11FN2OS. The Labute approximate surface area is 79.8 Å². The first kappa shape index (κ1) is 10.2. The molecule has 0 unspecified atom stereocenters. The van der Waals surface area contributed by atoms with Gasteiger partial charge < -0.3 is 4.98 Å². The zero-order chi connectivity index (χ0) is 9.68. The van der Waals surface area contributed by atoms with Crippen LogP contribution < -0.4 is 5.69 Å².